The Labute approximate surface area is 112 Å². The maximum absolute atomic E-state index is 11.9. The van der Waals surface area contributed by atoms with Gasteiger partial charge in [0.05, 0.1) is 17.1 Å². The Morgan fingerprint density at radius 3 is 2.47 bits per heavy atom. The first-order valence-electron chi connectivity index (χ1n) is 5.64. The first-order valence-corrected chi connectivity index (χ1v) is 7.25. The fourth-order valence-electron chi connectivity index (χ4n) is 1.50. The summed E-state index contributed by atoms with van der Waals surface area (Å²) in [5.74, 6) is -0.600. The lowest BCUT2D eigenvalue weighted by atomic mass is 10.3. The minimum absolute atomic E-state index is 0.0169. The minimum atomic E-state index is -3.33. The van der Waals surface area contributed by atoms with Gasteiger partial charge in [0, 0.05) is 27.7 Å². The average molecular weight is 289 g/mol. The third-order valence-electron chi connectivity index (χ3n) is 2.69. The number of nitrogens with two attached hydrogens (primary N) is 1. The van der Waals surface area contributed by atoms with Crippen LogP contribution in [0.4, 0.5) is 5.69 Å². The standard InChI is InChI=1S/C10H19N5O3S/c1-7-8(11)9(15(4)13-7)10(16)12-5-6-19(17,18)14(2)3/h5-6,11H2,1-4H3,(H,12,16). The van der Waals surface area contributed by atoms with Crippen LogP contribution in [-0.4, -0.2) is 54.8 Å². The van der Waals surface area contributed by atoms with Gasteiger partial charge < -0.3 is 11.1 Å². The first kappa shape index (κ1) is 15.4. The van der Waals surface area contributed by atoms with Gasteiger partial charge >= 0.3 is 0 Å². The van der Waals surface area contributed by atoms with Gasteiger partial charge in [0.1, 0.15) is 5.69 Å². The predicted octanol–water partition coefficient (Wildman–Crippen LogP) is -1.07. The van der Waals surface area contributed by atoms with Gasteiger partial charge in [-0.05, 0) is 6.92 Å². The molecular formula is C10H19N5O3S. The summed E-state index contributed by atoms with van der Waals surface area (Å²) in [4.78, 5) is 11.9. The highest BCUT2D eigenvalue weighted by Gasteiger charge is 2.19. The lowest BCUT2D eigenvalue weighted by Gasteiger charge is -2.11. The van der Waals surface area contributed by atoms with Crippen molar-refractivity contribution >= 4 is 21.6 Å². The van der Waals surface area contributed by atoms with E-state index in [1.165, 1.54) is 18.8 Å². The number of carbonyl (C=O) groups is 1. The van der Waals surface area contributed by atoms with Crippen LogP contribution >= 0.6 is 0 Å². The zero-order valence-corrected chi connectivity index (χ0v) is 12.3. The molecule has 0 fully saturated rings. The van der Waals surface area contributed by atoms with Crippen LogP contribution in [0.3, 0.4) is 0 Å². The summed E-state index contributed by atoms with van der Waals surface area (Å²) in [6, 6.07) is 0. The van der Waals surface area contributed by atoms with Crippen LogP contribution in [-0.2, 0) is 17.1 Å². The number of hydrogen-bond donors (Lipinski definition) is 2. The summed E-state index contributed by atoms with van der Waals surface area (Å²) in [5.41, 5.74) is 6.84. The lowest BCUT2D eigenvalue weighted by molar-refractivity contribution is 0.0947. The summed E-state index contributed by atoms with van der Waals surface area (Å²) in [5, 5.41) is 6.54. The largest absolute Gasteiger partial charge is 0.395 e. The van der Waals surface area contributed by atoms with Gasteiger partial charge in [-0.2, -0.15) is 5.10 Å². The van der Waals surface area contributed by atoms with Crippen molar-refractivity contribution < 1.29 is 13.2 Å². The van der Waals surface area contributed by atoms with E-state index in [0.717, 1.165) is 4.31 Å². The molecule has 0 spiro atoms. The molecule has 0 aliphatic heterocycles. The number of nitrogens with zero attached hydrogens (tertiary/aromatic N) is 3. The highest BCUT2D eigenvalue weighted by atomic mass is 32.2. The number of anilines is 1. The summed E-state index contributed by atoms with van der Waals surface area (Å²) in [6.07, 6.45) is 0. The summed E-state index contributed by atoms with van der Waals surface area (Å²) < 4.78 is 25.5. The molecule has 0 saturated carbocycles. The number of carbonyl (C=O) groups excluding carboxylic acids is 1. The van der Waals surface area contributed by atoms with Gasteiger partial charge in [-0.25, -0.2) is 12.7 Å². The summed E-state index contributed by atoms with van der Waals surface area (Å²) in [6.45, 7) is 1.71. The third kappa shape index (κ3) is 3.44. The Hall–Kier alpha value is -1.61. The fourth-order valence-corrected chi connectivity index (χ4v) is 2.23. The van der Waals surface area contributed by atoms with Gasteiger partial charge in [0.25, 0.3) is 5.91 Å². The summed E-state index contributed by atoms with van der Waals surface area (Å²) in [7, 11) is 1.17. The number of sulfonamides is 1. The zero-order chi connectivity index (χ0) is 14.8. The molecule has 1 amide bonds. The van der Waals surface area contributed by atoms with Crippen molar-refractivity contribution in [3.05, 3.63) is 11.4 Å². The molecule has 1 rings (SSSR count). The molecule has 0 bridgehead atoms. The highest BCUT2D eigenvalue weighted by Crippen LogP contribution is 2.14. The van der Waals surface area contributed by atoms with Crippen molar-refractivity contribution in [2.24, 2.45) is 7.05 Å². The Bertz CT molecular complexity index is 576. The molecular weight excluding hydrogens is 270 g/mol. The van der Waals surface area contributed by atoms with E-state index in [2.05, 4.69) is 10.4 Å². The maximum Gasteiger partial charge on any atom is 0.271 e. The molecule has 0 saturated heterocycles. The Balaban J connectivity index is 2.67. The first-order chi connectivity index (χ1) is 8.66. The van der Waals surface area contributed by atoms with Gasteiger partial charge in [-0.1, -0.05) is 0 Å². The van der Waals surface area contributed by atoms with Gasteiger partial charge in [0.15, 0.2) is 0 Å². The van der Waals surface area contributed by atoms with Crippen LogP contribution in [0, 0.1) is 6.92 Å². The van der Waals surface area contributed by atoms with Gasteiger partial charge in [-0.15, -0.1) is 0 Å². The Kier molecular flexibility index (Phi) is 4.53. The van der Waals surface area contributed by atoms with E-state index in [1.54, 1.807) is 14.0 Å². The molecule has 0 aromatic carbocycles. The van der Waals surface area contributed by atoms with Crippen molar-refractivity contribution in [3.63, 3.8) is 0 Å². The Morgan fingerprint density at radius 1 is 1.47 bits per heavy atom. The molecule has 0 radical (unpaired) electrons. The maximum atomic E-state index is 11.9. The molecule has 0 aliphatic carbocycles. The van der Waals surface area contributed by atoms with E-state index >= 15 is 0 Å². The van der Waals surface area contributed by atoms with Crippen molar-refractivity contribution in [2.45, 2.75) is 6.92 Å². The molecule has 1 aromatic rings. The smallest absolute Gasteiger partial charge is 0.271 e. The van der Waals surface area contributed by atoms with E-state index in [-0.39, 0.29) is 18.0 Å². The van der Waals surface area contributed by atoms with Crippen LogP contribution in [0.5, 0.6) is 0 Å². The Morgan fingerprint density at radius 2 is 2.05 bits per heavy atom. The predicted molar refractivity (Wildman–Crippen MR) is 72.2 cm³/mol. The van der Waals surface area contributed by atoms with Crippen molar-refractivity contribution in [1.29, 1.82) is 0 Å². The van der Waals surface area contributed by atoms with Crippen LogP contribution in [0.15, 0.2) is 0 Å². The topological polar surface area (TPSA) is 110 Å². The number of aryl methyl sites for hydroxylation is 2. The molecule has 0 aliphatic rings. The molecule has 19 heavy (non-hydrogen) atoms. The normalized spacial score (nSPS) is 11.8. The molecule has 0 atom stereocenters. The average Bonchev–Trinajstić information content (AvgIpc) is 2.52. The minimum Gasteiger partial charge on any atom is -0.395 e. The SMILES string of the molecule is Cc1nn(C)c(C(=O)NCCS(=O)(=O)N(C)C)c1N. The monoisotopic (exact) mass is 289 g/mol. The van der Waals surface area contributed by atoms with E-state index in [4.69, 9.17) is 5.73 Å². The summed E-state index contributed by atoms with van der Waals surface area (Å²) >= 11 is 0. The number of rotatable bonds is 5. The molecule has 0 unspecified atom stereocenters. The lowest BCUT2D eigenvalue weighted by Crippen LogP contribution is -2.34. The van der Waals surface area contributed by atoms with Crippen LogP contribution in [0.2, 0.25) is 0 Å². The highest BCUT2D eigenvalue weighted by molar-refractivity contribution is 7.89. The number of aromatic nitrogens is 2. The third-order valence-corrected chi connectivity index (χ3v) is 4.52. The number of hydrogen-bond acceptors (Lipinski definition) is 5. The molecule has 108 valence electrons. The van der Waals surface area contributed by atoms with Crippen molar-refractivity contribution in [3.8, 4) is 0 Å². The van der Waals surface area contributed by atoms with E-state index < -0.39 is 15.9 Å². The number of nitrogens with one attached hydrogen (secondary N) is 1. The quantitative estimate of drug-likeness (QED) is 0.717. The zero-order valence-electron chi connectivity index (χ0n) is 11.5. The fraction of sp³-hybridized carbons (Fsp3) is 0.600. The van der Waals surface area contributed by atoms with Crippen LogP contribution < -0.4 is 11.1 Å². The molecule has 9 heteroatoms. The second kappa shape index (κ2) is 5.57. The molecule has 3 N–H and O–H groups in total. The van der Waals surface area contributed by atoms with E-state index in [1.807, 2.05) is 0 Å². The van der Waals surface area contributed by atoms with Crippen LogP contribution in [0.1, 0.15) is 16.2 Å². The van der Waals surface area contributed by atoms with E-state index in [0.29, 0.717) is 11.4 Å². The second-order valence-corrected chi connectivity index (χ2v) is 6.63. The number of amides is 1. The van der Waals surface area contributed by atoms with E-state index in [9.17, 15) is 13.2 Å². The van der Waals surface area contributed by atoms with Gasteiger partial charge in [-0.3, -0.25) is 9.48 Å². The number of nitrogen functional groups attached to an aromatic ring is 1. The molecule has 1 heterocycles. The molecule has 1 aromatic heterocycles. The molecule has 8 nitrogen and oxygen atoms in total. The van der Waals surface area contributed by atoms with Crippen molar-refractivity contribution in [1.82, 2.24) is 19.4 Å². The van der Waals surface area contributed by atoms with Crippen LogP contribution in [0.25, 0.3) is 0 Å². The van der Waals surface area contributed by atoms with Gasteiger partial charge in [0.2, 0.25) is 10.0 Å². The van der Waals surface area contributed by atoms with Crippen molar-refractivity contribution in [2.75, 3.05) is 32.1 Å². The second-order valence-electron chi connectivity index (χ2n) is 4.33.